The van der Waals surface area contributed by atoms with E-state index in [1.54, 1.807) is 38.1 Å². The summed E-state index contributed by atoms with van der Waals surface area (Å²) in [6.07, 6.45) is -0.652. The molecule has 1 atom stereocenters. The second-order valence-electron chi connectivity index (χ2n) is 7.52. The van der Waals surface area contributed by atoms with Gasteiger partial charge in [-0.05, 0) is 12.1 Å². The molecule has 0 saturated heterocycles. The van der Waals surface area contributed by atoms with Crippen molar-refractivity contribution in [3.8, 4) is 22.9 Å². The third-order valence-corrected chi connectivity index (χ3v) is 4.97. The summed E-state index contributed by atoms with van der Waals surface area (Å²) in [5.41, 5.74) is 2.54. The van der Waals surface area contributed by atoms with Crippen LogP contribution in [-0.2, 0) is 23.1 Å². The number of aliphatic hydroxyl groups is 1. The fraction of sp³-hybridized carbons (Fsp3) is 0.375. The Morgan fingerprint density at radius 2 is 1.88 bits per heavy atom. The van der Waals surface area contributed by atoms with Crippen molar-refractivity contribution in [1.82, 2.24) is 14.7 Å². The minimum atomic E-state index is -0.652. The first kappa shape index (κ1) is 23.9. The lowest BCUT2D eigenvalue weighted by Gasteiger charge is -2.25. The average Bonchev–Trinajstić information content (AvgIpc) is 3.08. The van der Waals surface area contributed by atoms with Crippen molar-refractivity contribution < 1.29 is 23.7 Å². The van der Waals surface area contributed by atoms with Gasteiger partial charge in [-0.3, -0.25) is 4.90 Å². The molecule has 0 fully saturated rings. The van der Waals surface area contributed by atoms with Crippen LogP contribution >= 0.6 is 0 Å². The van der Waals surface area contributed by atoms with Gasteiger partial charge >= 0.3 is 0 Å². The van der Waals surface area contributed by atoms with Crippen LogP contribution in [0.25, 0.3) is 11.3 Å². The predicted octanol–water partition coefficient (Wildman–Crippen LogP) is 3.47. The highest BCUT2D eigenvalue weighted by Gasteiger charge is 2.23. The van der Waals surface area contributed by atoms with Gasteiger partial charge in [-0.2, -0.15) is 5.10 Å². The van der Waals surface area contributed by atoms with Crippen LogP contribution < -0.4 is 4.74 Å². The van der Waals surface area contributed by atoms with E-state index in [4.69, 9.17) is 19.3 Å². The smallest absolute Gasteiger partial charge is 0.222 e. The molecule has 0 radical (unpaired) electrons. The highest BCUT2D eigenvalue weighted by molar-refractivity contribution is 5.65. The zero-order valence-electron chi connectivity index (χ0n) is 18.7. The predicted molar refractivity (Wildman–Crippen MR) is 120 cm³/mol. The van der Waals surface area contributed by atoms with Gasteiger partial charge in [-0.1, -0.05) is 36.4 Å². The van der Waals surface area contributed by atoms with Crippen LogP contribution in [0.3, 0.4) is 0 Å². The molecule has 1 heterocycles. The number of benzene rings is 2. The van der Waals surface area contributed by atoms with E-state index in [9.17, 15) is 9.50 Å². The Morgan fingerprint density at radius 1 is 1.09 bits per heavy atom. The highest BCUT2D eigenvalue weighted by atomic mass is 19.1. The number of hydrogen-bond acceptors (Lipinski definition) is 6. The van der Waals surface area contributed by atoms with Crippen molar-refractivity contribution in [3.63, 3.8) is 0 Å². The number of halogens is 1. The van der Waals surface area contributed by atoms with E-state index < -0.39 is 6.10 Å². The molecule has 0 aliphatic carbocycles. The van der Waals surface area contributed by atoms with E-state index in [0.29, 0.717) is 37.9 Å². The van der Waals surface area contributed by atoms with Crippen LogP contribution in [0, 0.1) is 5.82 Å². The average molecular weight is 444 g/mol. The van der Waals surface area contributed by atoms with E-state index >= 15 is 0 Å². The van der Waals surface area contributed by atoms with Gasteiger partial charge in [-0.25, -0.2) is 9.07 Å². The second kappa shape index (κ2) is 11.7. The Labute approximate surface area is 187 Å². The van der Waals surface area contributed by atoms with Crippen molar-refractivity contribution in [2.24, 2.45) is 7.05 Å². The molecule has 0 amide bonds. The lowest BCUT2D eigenvalue weighted by Crippen LogP contribution is -2.36. The van der Waals surface area contributed by atoms with Crippen LogP contribution in [0.5, 0.6) is 11.6 Å². The number of ether oxygens (including phenoxy) is 3. The number of hydrogen-bond donors (Lipinski definition) is 1. The number of aliphatic hydroxyl groups excluding tert-OH is 1. The van der Waals surface area contributed by atoms with Crippen LogP contribution in [0.15, 0.2) is 54.6 Å². The first-order valence-electron chi connectivity index (χ1n) is 10.4. The molecular weight excluding hydrogens is 413 g/mol. The van der Waals surface area contributed by atoms with Crippen LogP contribution in [0.4, 0.5) is 4.39 Å². The largest absolute Gasteiger partial charge is 0.439 e. The molecule has 7 nitrogen and oxygen atoms in total. The quantitative estimate of drug-likeness (QED) is 0.462. The summed E-state index contributed by atoms with van der Waals surface area (Å²) in [6.45, 7) is 2.17. The van der Waals surface area contributed by atoms with Crippen molar-refractivity contribution in [2.75, 3.05) is 40.5 Å². The van der Waals surface area contributed by atoms with E-state index in [-0.39, 0.29) is 12.4 Å². The SMILES string of the molecule is COCCN(Cc1c(-c2ccccc2)nn(C)c1Oc1cccc(F)c1)C[C@H](O)COC. The third-order valence-electron chi connectivity index (χ3n) is 4.97. The van der Waals surface area contributed by atoms with Crippen molar-refractivity contribution in [1.29, 1.82) is 0 Å². The summed E-state index contributed by atoms with van der Waals surface area (Å²) < 4.78 is 31.8. The Bertz CT molecular complexity index is 981. The molecule has 0 unspecified atom stereocenters. The summed E-state index contributed by atoms with van der Waals surface area (Å²) in [7, 11) is 4.99. The third kappa shape index (κ3) is 6.37. The van der Waals surface area contributed by atoms with Crippen LogP contribution in [-0.4, -0.2) is 66.4 Å². The Balaban J connectivity index is 1.99. The first-order valence-corrected chi connectivity index (χ1v) is 10.4. The maximum Gasteiger partial charge on any atom is 0.222 e. The summed E-state index contributed by atoms with van der Waals surface area (Å²) in [6, 6.07) is 15.8. The van der Waals surface area contributed by atoms with Crippen molar-refractivity contribution in [3.05, 3.63) is 66.0 Å². The molecule has 0 spiro atoms. The molecule has 0 bridgehead atoms. The molecule has 3 aromatic rings. The Morgan fingerprint density at radius 3 is 2.56 bits per heavy atom. The number of rotatable bonds is 12. The lowest BCUT2D eigenvalue weighted by molar-refractivity contribution is 0.0292. The highest BCUT2D eigenvalue weighted by Crippen LogP contribution is 2.34. The Kier molecular flexibility index (Phi) is 8.75. The number of methoxy groups -OCH3 is 2. The lowest BCUT2D eigenvalue weighted by atomic mass is 10.1. The molecule has 32 heavy (non-hydrogen) atoms. The standard InChI is InChI=1S/C24H30FN3O4/c1-27-24(32-21-11-7-10-19(25)14-21)22(23(26-27)18-8-5-4-6-9-18)16-28(12-13-30-2)15-20(29)17-31-3/h4-11,14,20,29H,12-13,15-17H2,1-3H3/t20-/m0/s1. The maximum absolute atomic E-state index is 13.7. The fourth-order valence-electron chi connectivity index (χ4n) is 3.51. The summed E-state index contributed by atoms with van der Waals surface area (Å²) >= 11 is 0. The molecule has 0 aliphatic rings. The molecule has 8 heteroatoms. The molecular formula is C24H30FN3O4. The minimum Gasteiger partial charge on any atom is -0.439 e. The topological polar surface area (TPSA) is 69.0 Å². The van der Waals surface area contributed by atoms with Crippen molar-refractivity contribution in [2.45, 2.75) is 12.6 Å². The Hall–Kier alpha value is -2.78. The zero-order valence-corrected chi connectivity index (χ0v) is 18.7. The van der Waals surface area contributed by atoms with Gasteiger partial charge < -0.3 is 19.3 Å². The summed E-state index contributed by atoms with van der Waals surface area (Å²) in [5.74, 6) is 0.522. The van der Waals surface area contributed by atoms with Gasteiger partial charge in [0.2, 0.25) is 5.88 Å². The molecule has 172 valence electrons. The van der Waals surface area contributed by atoms with Gasteiger partial charge in [0.05, 0.1) is 24.9 Å². The summed E-state index contributed by atoms with van der Waals surface area (Å²) in [5, 5.41) is 15.0. The zero-order chi connectivity index (χ0) is 22.9. The molecule has 1 N–H and O–H groups in total. The van der Waals surface area contributed by atoms with Gasteiger partial charge in [0, 0.05) is 52.5 Å². The fourth-order valence-corrected chi connectivity index (χ4v) is 3.51. The normalized spacial score (nSPS) is 12.3. The van der Waals surface area contributed by atoms with E-state index in [1.807, 2.05) is 30.3 Å². The van der Waals surface area contributed by atoms with E-state index in [1.165, 1.54) is 12.1 Å². The van der Waals surface area contributed by atoms with E-state index in [2.05, 4.69) is 4.90 Å². The molecule has 3 rings (SSSR count). The van der Waals surface area contributed by atoms with Gasteiger partial charge in [0.1, 0.15) is 17.3 Å². The molecule has 2 aromatic carbocycles. The van der Waals surface area contributed by atoms with Gasteiger partial charge in [0.15, 0.2) is 0 Å². The van der Waals surface area contributed by atoms with Crippen LogP contribution in [0.1, 0.15) is 5.56 Å². The monoisotopic (exact) mass is 443 g/mol. The second-order valence-corrected chi connectivity index (χ2v) is 7.52. The molecule has 0 saturated carbocycles. The number of aromatic nitrogens is 2. The van der Waals surface area contributed by atoms with Crippen LogP contribution in [0.2, 0.25) is 0 Å². The van der Waals surface area contributed by atoms with Crippen molar-refractivity contribution >= 4 is 0 Å². The van der Waals surface area contributed by atoms with Gasteiger partial charge in [-0.15, -0.1) is 0 Å². The summed E-state index contributed by atoms with van der Waals surface area (Å²) in [4.78, 5) is 2.06. The van der Waals surface area contributed by atoms with E-state index in [0.717, 1.165) is 16.8 Å². The number of aryl methyl sites for hydroxylation is 1. The molecule has 0 aliphatic heterocycles. The van der Waals surface area contributed by atoms with Gasteiger partial charge in [0.25, 0.3) is 0 Å². The minimum absolute atomic E-state index is 0.231. The number of nitrogens with zero attached hydrogens (tertiary/aromatic N) is 3. The maximum atomic E-state index is 13.7. The molecule has 1 aromatic heterocycles. The first-order chi connectivity index (χ1) is 15.5.